The second-order valence-corrected chi connectivity index (χ2v) is 12.3. The van der Waals surface area contributed by atoms with Crippen LogP contribution in [-0.4, -0.2) is 22.4 Å². The molecule has 0 heterocycles. The monoisotopic (exact) mass is 414 g/mol. The van der Waals surface area contributed by atoms with Crippen molar-refractivity contribution in [3.8, 4) is 0 Å². The second kappa shape index (κ2) is 8.07. The molecular formula is C28H46O2. The normalized spacial score (nSPS) is 46.6. The molecule has 4 rings (SSSR count). The number of hydrogen-bond donors (Lipinski definition) is 2. The number of rotatable bonds is 5. The van der Waals surface area contributed by atoms with Gasteiger partial charge in [-0.25, -0.2) is 0 Å². The van der Waals surface area contributed by atoms with Crippen LogP contribution in [0.5, 0.6) is 0 Å². The molecule has 0 aromatic heterocycles. The van der Waals surface area contributed by atoms with Crippen molar-refractivity contribution < 1.29 is 10.2 Å². The molecule has 0 aromatic rings. The van der Waals surface area contributed by atoms with Gasteiger partial charge in [-0.2, -0.15) is 0 Å². The number of aliphatic hydroxyl groups excluding tert-OH is 2. The molecule has 30 heavy (non-hydrogen) atoms. The molecule has 0 aromatic carbocycles. The van der Waals surface area contributed by atoms with Gasteiger partial charge in [-0.05, 0) is 104 Å². The van der Waals surface area contributed by atoms with E-state index in [-0.39, 0.29) is 17.6 Å². The SMILES string of the molecule is C=C(CC[C@@H](C)[C@H]1CC[C@H]2[C@@H]3[C@H](O)C=C4C[C@@H](O)CC[C@]4(C)[C@H]3CC[C@]12C)C(C)C. The van der Waals surface area contributed by atoms with E-state index in [1.165, 1.54) is 43.3 Å². The summed E-state index contributed by atoms with van der Waals surface area (Å²) in [4.78, 5) is 0. The van der Waals surface area contributed by atoms with Gasteiger partial charge in [0.15, 0.2) is 0 Å². The van der Waals surface area contributed by atoms with Crippen molar-refractivity contribution >= 4 is 0 Å². The van der Waals surface area contributed by atoms with Gasteiger partial charge >= 0.3 is 0 Å². The maximum absolute atomic E-state index is 11.3. The predicted molar refractivity (Wildman–Crippen MR) is 125 cm³/mol. The van der Waals surface area contributed by atoms with Crippen LogP contribution in [0.25, 0.3) is 0 Å². The molecule has 0 aliphatic heterocycles. The molecule has 0 saturated heterocycles. The molecule has 4 aliphatic carbocycles. The van der Waals surface area contributed by atoms with Crippen LogP contribution in [0.3, 0.4) is 0 Å². The zero-order valence-corrected chi connectivity index (χ0v) is 20.2. The summed E-state index contributed by atoms with van der Waals surface area (Å²) in [5.41, 5.74) is 3.33. The molecular weight excluding hydrogens is 368 g/mol. The summed E-state index contributed by atoms with van der Waals surface area (Å²) in [6, 6.07) is 0. The van der Waals surface area contributed by atoms with Gasteiger partial charge in [-0.1, -0.05) is 58.4 Å². The Labute approximate surface area is 185 Å². The first-order chi connectivity index (χ1) is 14.1. The minimum Gasteiger partial charge on any atom is -0.393 e. The quantitative estimate of drug-likeness (QED) is 0.502. The summed E-state index contributed by atoms with van der Waals surface area (Å²) in [6.45, 7) is 16.3. The average molecular weight is 415 g/mol. The highest BCUT2D eigenvalue weighted by Crippen LogP contribution is 2.67. The summed E-state index contributed by atoms with van der Waals surface area (Å²) < 4.78 is 0. The molecule has 2 N–H and O–H groups in total. The summed E-state index contributed by atoms with van der Waals surface area (Å²) >= 11 is 0. The van der Waals surface area contributed by atoms with Crippen LogP contribution < -0.4 is 0 Å². The van der Waals surface area contributed by atoms with Gasteiger partial charge in [0, 0.05) is 0 Å². The van der Waals surface area contributed by atoms with Gasteiger partial charge in [0.25, 0.3) is 0 Å². The number of aliphatic hydroxyl groups is 2. The lowest BCUT2D eigenvalue weighted by Gasteiger charge is -2.59. The molecule has 3 fully saturated rings. The van der Waals surface area contributed by atoms with Gasteiger partial charge in [-0.3, -0.25) is 0 Å². The van der Waals surface area contributed by atoms with Crippen LogP contribution in [0.15, 0.2) is 23.8 Å². The maximum Gasteiger partial charge on any atom is 0.0757 e. The number of fused-ring (bicyclic) bond motifs is 5. The maximum atomic E-state index is 11.3. The molecule has 9 atom stereocenters. The number of allylic oxidation sites excluding steroid dienone is 1. The largest absolute Gasteiger partial charge is 0.393 e. The molecule has 170 valence electrons. The third-order valence-corrected chi connectivity index (χ3v) is 10.6. The van der Waals surface area contributed by atoms with Gasteiger partial charge in [0.1, 0.15) is 0 Å². The Morgan fingerprint density at radius 2 is 1.80 bits per heavy atom. The van der Waals surface area contributed by atoms with Crippen LogP contribution in [-0.2, 0) is 0 Å². The van der Waals surface area contributed by atoms with Crippen LogP contribution in [0, 0.1) is 46.3 Å². The van der Waals surface area contributed by atoms with E-state index >= 15 is 0 Å². The van der Waals surface area contributed by atoms with Crippen molar-refractivity contribution in [3.63, 3.8) is 0 Å². The smallest absolute Gasteiger partial charge is 0.0757 e. The Bertz CT molecular complexity index is 693. The fourth-order valence-electron chi connectivity index (χ4n) is 8.51. The Hall–Kier alpha value is -0.600. The minimum atomic E-state index is -0.317. The molecule has 0 amide bonds. The highest BCUT2D eigenvalue weighted by Gasteiger charge is 2.61. The summed E-state index contributed by atoms with van der Waals surface area (Å²) in [5.74, 6) is 3.76. The first kappa shape index (κ1) is 22.6. The minimum absolute atomic E-state index is 0.198. The van der Waals surface area contributed by atoms with Gasteiger partial charge < -0.3 is 10.2 Å². The summed E-state index contributed by atoms with van der Waals surface area (Å²) in [6.07, 6.45) is 12.1. The van der Waals surface area contributed by atoms with E-state index in [4.69, 9.17) is 0 Å². The Kier molecular flexibility index (Phi) is 6.08. The van der Waals surface area contributed by atoms with E-state index in [2.05, 4.69) is 47.3 Å². The summed E-state index contributed by atoms with van der Waals surface area (Å²) in [5, 5.41) is 21.5. The van der Waals surface area contributed by atoms with Crippen LogP contribution in [0.2, 0.25) is 0 Å². The Balaban J connectivity index is 1.54. The van der Waals surface area contributed by atoms with Crippen LogP contribution in [0.1, 0.15) is 92.4 Å². The molecule has 2 nitrogen and oxygen atoms in total. The molecule has 0 bridgehead atoms. The van der Waals surface area contributed by atoms with Crippen molar-refractivity contribution in [2.45, 2.75) is 105 Å². The number of hydrogen-bond acceptors (Lipinski definition) is 2. The molecule has 3 saturated carbocycles. The van der Waals surface area contributed by atoms with Crippen molar-refractivity contribution in [1.29, 1.82) is 0 Å². The zero-order chi connectivity index (χ0) is 21.8. The first-order valence-electron chi connectivity index (χ1n) is 12.8. The lowest BCUT2D eigenvalue weighted by Crippen LogP contribution is -2.54. The van der Waals surface area contributed by atoms with Crippen LogP contribution >= 0.6 is 0 Å². The van der Waals surface area contributed by atoms with Crippen molar-refractivity contribution in [2.24, 2.45) is 46.3 Å². The molecule has 0 radical (unpaired) electrons. The summed E-state index contributed by atoms with van der Waals surface area (Å²) in [7, 11) is 0. The fraction of sp³-hybridized carbons (Fsp3) is 0.857. The van der Waals surface area contributed by atoms with Gasteiger partial charge in [0.2, 0.25) is 0 Å². The molecule has 0 spiro atoms. The van der Waals surface area contributed by atoms with E-state index in [1.54, 1.807) is 0 Å². The second-order valence-electron chi connectivity index (χ2n) is 12.3. The lowest BCUT2D eigenvalue weighted by molar-refractivity contribution is -0.0970. The average Bonchev–Trinajstić information content (AvgIpc) is 3.04. The van der Waals surface area contributed by atoms with E-state index in [0.717, 1.165) is 37.5 Å². The van der Waals surface area contributed by atoms with Gasteiger partial charge in [0.05, 0.1) is 12.2 Å². The lowest BCUT2D eigenvalue weighted by atomic mass is 9.46. The van der Waals surface area contributed by atoms with E-state index in [9.17, 15) is 10.2 Å². The highest BCUT2D eigenvalue weighted by atomic mass is 16.3. The third-order valence-electron chi connectivity index (χ3n) is 10.6. The van der Waals surface area contributed by atoms with Crippen molar-refractivity contribution in [3.05, 3.63) is 23.8 Å². The molecule has 2 heteroatoms. The Morgan fingerprint density at radius 1 is 1.07 bits per heavy atom. The first-order valence-corrected chi connectivity index (χ1v) is 12.8. The molecule has 0 unspecified atom stereocenters. The zero-order valence-electron chi connectivity index (χ0n) is 20.2. The fourth-order valence-corrected chi connectivity index (χ4v) is 8.51. The predicted octanol–water partition coefficient (Wildman–Crippen LogP) is 6.53. The third kappa shape index (κ3) is 3.54. The van der Waals surface area contributed by atoms with E-state index in [1.807, 2.05) is 0 Å². The van der Waals surface area contributed by atoms with E-state index < -0.39 is 0 Å². The van der Waals surface area contributed by atoms with Crippen molar-refractivity contribution in [2.75, 3.05) is 0 Å². The van der Waals surface area contributed by atoms with Crippen molar-refractivity contribution in [1.82, 2.24) is 0 Å². The topological polar surface area (TPSA) is 40.5 Å². The standard InChI is InChI=1S/C28H46O2/c1-17(2)18(3)7-8-19(4)22-9-10-23-26-24(12-14-28(22,23)6)27(5)13-11-21(29)15-20(27)16-25(26)30/h16-17,19,21-26,29-30H,3,7-15H2,1-2,4-6H3/t19-,21+,22-,23+,24+,25-,26+,27+,28-/m1/s1. The van der Waals surface area contributed by atoms with Gasteiger partial charge in [-0.15, -0.1) is 0 Å². The van der Waals surface area contributed by atoms with E-state index in [0.29, 0.717) is 29.1 Å². The highest BCUT2D eigenvalue weighted by molar-refractivity contribution is 5.28. The van der Waals surface area contributed by atoms with Crippen LogP contribution in [0.4, 0.5) is 0 Å². The Morgan fingerprint density at radius 3 is 2.50 bits per heavy atom. The molecule has 4 aliphatic rings.